The van der Waals surface area contributed by atoms with E-state index in [1.807, 2.05) is 11.6 Å². The minimum absolute atomic E-state index is 0.183. The van der Waals surface area contributed by atoms with E-state index in [9.17, 15) is 4.79 Å². The van der Waals surface area contributed by atoms with Gasteiger partial charge in [0.05, 0.1) is 30.3 Å². The first-order valence-electron chi connectivity index (χ1n) is 8.02. The molecular weight excluding hydrogens is 324 g/mol. The summed E-state index contributed by atoms with van der Waals surface area (Å²) < 4.78 is 1.91. The Balaban J connectivity index is 2.27. The number of hydrogen-bond donors (Lipinski definition) is 1. The van der Waals surface area contributed by atoms with Crippen LogP contribution in [0.25, 0.3) is 0 Å². The third-order valence-corrected chi connectivity index (χ3v) is 4.40. The van der Waals surface area contributed by atoms with Gasteiger partial charge in [-0.2, -0.15) is 10.4 Å². The number of hydrogen-bond acceptors (Lipinski definition) is 3. The van der Waals surface area contributed by atoms with E-state index in [2.05, 4.69) is 30.3 Å². The Morgan fingerprint density at radius 3 is 2.75 bits per heavy atom. The van der Waals surface area contributed by atoms with Crippen LogP contribution in [0.1, 0.15) is 54.3 Å². The van der Waals surface area contributed by atoms with Crippen molar-refractivity contribution in [2.24, 2.45) is 0 Å². The topological polar surface area (TPSA) is 70.7 Å². The number of amides is 1. The largest absolute Gasteiger partial charge is 0.322 e. The highest BCUT2D eigenvalue weighted by Gasteiger charge is 2.18. The van der Waals surface area contributed by atoms with Gasteiger partial charge in [-0.15, -0.1) is 0 Å². The van der Waals surface area contributed by atoms with Gasteiger partial charge in [-0.3, -0.25) is 9.48 Å². The maximum absolute atomic E-state index is 12.6. The second-order valence-electron chi connectivity index (χ2n) is 5.65. The molecule has 1 N–H and O–H groups in total. The number of anilines is 1. The van der Waals surface area contributed by atoms with Crippen LogP contribution in [0.5, 0.6) is 0 Å². The minimum Gasteiger partial charge on any atom is -0.322 e. The predicted molar refractivity (Wildman–Crippen MR) is 95.3 cm³/mol. The Labute approximate surface area is 147 Å². The third-order valence-electron chi connectivity index (χ3n) is 4.16. The van der Waals surface area contributed by atoms with Crippen molar-refractivity contribution in [2.75, 3.05) is 5.32 Å². The number of rotatable bonds is 6. The van der Waals surface area contributed by atoms with Gasteiger partial charge in [0.15, 0.2) is 0 Å². The van der Waals surface area contributed by atoms with Crippen molar-refractivity contribution < 1.29 is 4.79 Å². The monoisotopic (exact) mass is 344 g/mol. The van der Waals surface area contributed by atoms with E-state index in [0.717, 1.165) is 18.5 Å². The van der Waals surface area contributed by atoms with E-state index in [1.54, 1.807) is 24.4 Å². The first-order chi connectivity index (χ1) is 11.5. The molecule has 2 rings (SSSR count). The fraction of sp³-hybridized carbons (Fsp3) is 0.389. The summed E-state index contributed by atoms with van der Waals surface area (Å²) in [5.74, 6) is -0.230. The molecule has 0 fully saturated rings. The highest BCUT2D eigenvalue weighted by atomic mass is 35.5. The summed E-state index contributed by atoms with van der Waals surface area (Å²) in [4.78, 5) is 12.6. The van der Waals surface area contributed by atoms with Crippen molar-refractivity contribution in [3.63, 3.8) is 0 Å². The molecule has 0 radical (unpaired) electrons. The summed E-state index contributed by atoms with van der Waals surface area (Å²) in [7, 11) is 0. The highest BCUT2D eigenvalue weighted by Crippen LogP contribution is 2.23. The summed E-state index contributed by atoms with van der Waals surface area (Å²) >= 11 is 5.97. The molecule has 0 atom stereocenters. The number of aromatic nitrogens is 2. The number of carbonyl (C=O) groups is 1. The van der Waals surface area contributed by atoms with Gasteiger partial charge in [0, 0.05) is 16.4 Å². The Hall–Kier alpha value is -2.32. The normalized spacial score (nSPS) is 10.7. The molecule has 2 aromatic rings. The van der Waals surface area contributed by atoms with Gasteiger partial charge in [0.2, 0.25) is 0 Å². The van der Waals surface area contributed by atoms with Crippen LogP contribution in [0.3, 0.4) is 0 Å². The van der Waals surface area contributed by atoms with Crippen molar-refractivity contribution in [1.82, 2.24) is 9.78 Å². The molecule has 5 nitrogen and oxygen atoms in total. The fourth-order valence-corrected chi connectivity index (χ4v) is 2.95. The summed E-state index contributed by atoms with van der Waals surface area (Å²) in [5, 5.41) is 16.7. The number of nitrogens with zero attached hydrogens (tertiary/aromatic N) is 3. The lowest BCUT2D eigenvalue weighted by atomic mass is 10.1. The summed E-state index contributed by atoms with van der Waals surface area (Å²) in [6.45, 7) is 6.12. The van der Waals surface area contributed by atoms with Crippen molar-refractivity contribution in [3.8, 4) is 6.07 Å². The first-order valence-corrected chi connectivity index (χ1v) is 8.40. The summed E-state index contributed by atoms with van der Waals surface area (Å²) in [6, 6.07) is 7.48. The molecule has 0 aliphatic rings. The number of nitriles is 1. The quantitative estimate of drug-likeness (QED) is 0.837. The lowest BCUT2D eigenvalue weighted by Crippen LogP contribution is -2.16. The lowest BCUT2D eigenvalue weighted by Gasteiger charge is -2.15. The van der Waals surface area contributed by atoms with Gasteiger partial charge in [-0.1, -0.05) is 25.4 Å². The molecule has 0 saturated carbocycles. The first kappa shape index (κ1) is 18.0. The Bertz CT molecular complexity index is 772. The lowest BCUT2D eigenvalue weighted by molar-refractivity contribution is 0.102. The Morgan fingerprint density at radius 2 is 2.12 bits per heavy atom. The number of carbonyl (C=O) groups excluding carboxylic acids is 1. The van der Waals surface area contributed by atoms with E-state index in [0.29, 0.717) is 21.8 Å². The molecule has 1 aromatic heterocycles. The summed E-state index contributed by atoms with van der Waals surface area (Å²) in [5.41, 5.74) is 2.68. The number of benzene rings is 1. The average molecular weight is 345 g/mol. The van der Waals surface area contributed by atoms with E-state index in [4.69, 9.17) is 16.9 Å². The zero-order valence-electron chi connectivity index (χ0n) is 14.1. The van der Waals surface area contributed by atoms with Gasteiger partial charge in [-0.25, -0.2) is 0 Å². The molecule has 1 aromatic carbocycles. The molecule has 24 heavy (non-hydrogen) atoms. The van der Waals surface area contributed by atoms with Crippen LogP contribution >= 0.6 is 11.6 Å². The predicted octanol–water partition coefficient (Wildman–Crippen LogP) is 4.52. The molecular formula is C18H21ClN4O. The standard InChI is InChI=1S/C18H21ClN4O/c1-4-15(5-2)23-12(3)16(11-21-23)18(24)22-17-7-6-14(19)10-13(17)8-9-20/h6-7,10-11,15H,4-5,8H2,1-3H3,(H,22,24). The van der Waals surface area contributed by atoms with Crippen LogP contribution in [0.15, 0.2) is 24.4 Å². The van der Waals surface area contributed by atoms with E-state index in [1.165, 1.54) is 0 Å². The smallest absolute Gasteiger partial charge is 0.259 e. The van der Waals surface area contributed by atoms with Crippen LogP contribution in [0, 0.1) is 18.3 Å². The van der Waals surface area contributed by atoms with E-state index >= 15 is 0 Å². The Kier molecular flexibility index (Phi) is 5.99. The van der Waals surface area contributed by atoms with Gasteiger partial charge in [-0.05, 0) is 43.5 Å². The van der Waals surface area contributed by atoms with Crippen LogP contribution in [0.4, 0.5) is 5.69 Å². The number of nitrogens with one attached hydrogen (secondary N) is 1. The van der Waals surface area contributed by atoms with Crippen molar-refractivity contribution in [1.29, 1.82) is 5.26 Å². The molecule has 0 saturated heterocycles. The second kappa shape index (κ2) is 7.98. The van der Waals surface area contributed by atoms with Gasteiger partial charge < -0.3 is 5.32 Å². The Morgan fingerprint density at radius 1 is 1.42 bits per heavy atom. The zero-order chi connectivity index (χ0) is 17.7. The van der Waals surface area contributed by atoms with Crippen molar-refractivity contribution in [3.05, 3.63) is 46.2 Å². The highest BCUT2D eigenvalue weighted by molar-refractivity contribution is 6.30. The van der Waals surface area contributed by atoms with Crippen LogP contribution in [0.2, 0.25) is 5.02 Å². The zero-order valence-corrected chi connectivity index (χ0v) is 14.9. The molecule has 0 aliphatic carbocycles. The maximum atomic E-state index is 12.6. The molecule has 0 bridgehead atoms. The molecule has 1 amide bonds. The third kappa shape index (κ3) is 3.77. The van der Waals surface area contributed by atoms with Gasteiger partial charge in [0.25, 0.3) is 5.91 Å². The molecule has 0 aliphatic heterocycles. The fourth-order valence-electron chi connectivity index (χ4n) is 2.75. The summed E-state index contributed by atoms with van der Waals surface area (Å²) in [6.07, 6.45) is 3.71. The van der Waals surface area contributed by atoms with Crippen LogP contribution in [-0.2, 0) is 6.42 Å². The minimum atomic E-state index is -0.230. The molecule has 0 spiro atoms. The van der Waals surface area contributed by atoms with Gasteiger partial charge in [0.1, 0.15) is 0 Å². The maximum Gasteiger partial charge on any atom is 0.259 e. The van der Waals surface area contributed by atoms with E-state index < -0.39 is 0 Å². The molecule has 6 heteroatoms. The van der Waals surface area contributed by atoms with Crippen molar-refractivity contribution in [2.45, 2.75) is 46.1 Å². The molecule has 126 valence electrons. The van der Waals surface area contributed by atoms with Crippen molar-refractivity contribution >= 4 is 23.2 Å². The average Bonchev–Trinajstić information content (AvgIpc) is 2.93. The number of halogens is 1. The molecule has 1 heterocycles. The van der Waals surface area contributed by atoms with E-state index in [-0.39, 0.29) is 18.4 Å². The molecule has 0 unspecified atom stereocenters. The second-order valence-corrected chi connectivity index (χ2v) is 6.09. The van der Waals surface area contributed by atoms with Crippen LogP contribution < -0.4 is 5.32 Å². The van der Waals surface area contributed by atoms with Crippen LogP contribution in [-0.4, -0.2) is 15.7 Å². The van der Waals surface area contributed by atoms with Gasteiger partial charge >= 0.3 is 0 Å². The SMILES string of the molecule is CCC(CC)n1ncc(C(=O)Nc2ccc(Cl)cc2CC#N)c1C.